The number of benzene rings is 2. The summed E-state index contributed by atoms with van der Waals surface area (Å²) >= 11 is 1.44. The van der Waals surface area contributed by atoms with Gasteiger partial charge in [-0.2, -0.15) is 5.10 Å². The van der Waals surface area contributed by atoms with Crippen molar-refractivity contribution < 1.29 is 14.3 Å². The molecular weight excluding hydrogens is 402 g/mol. The van der Waals surface area contributed by atoms with Crippen LogP contribution in [0.3, 0.4) is 0 Å². The highest BCUT2D eigenvalue weighted by Gasteiger charge is 2.17. The van der Waals surface area contributed by atoms with Crippen LogP contribution in [0.4, 0.5) is 0 Å². The van der Waals surface area contributed by atoms with E-state index < -0.39 is 5.97 Å². The van der Waals surface area contributed by atoms with Gasteiger partial charge in [-0.1, -0.05) is 24.3 Å². The molecule has 0 saturated carbocycles. The molecule has 0 saturated heterocycles. The molecule has 4 rings (SSSR count). The molecule has 0 N–H and O–H groups in total. The molecule has 0 aliphatic carbocycles. The third-order valence-electron chi connectivity index (χ3n) is 4.66. The minimum absolute atomic E-state index is 0.252. The Kier molecular flexibility index (Phi) is 5.33. The van der Waals surface area contributed by atoms with Crippen molar-refractivity contribution in [2.24, 2.45) is 0 Å². The van der Waals surface area contributed by atoms with Gasteiger partial charge in [0.25, 0.3) is 5.56 Å². The monoisotopic (exact) mass is 421 g/mol. The van der Waals surface area contributed by atoms with Crippen molar-refractivity contribution in [1.82, 2.24) is 14.8 Å². The fraction of sp³-hybridized carbons (Fsp3) is 0.182. The van der Waals surface area contributed by atoms with E-state index in [-0.39, 0.29) is 12.1 Å². The first-order chi connectivity index (χ1) is 14.5. The molecule has 0 amide bonds. The van der Waals surface area contributed by atoms with E-state index in [0.717, 1.165) is 20.8 Å². The van der Waals surface area contributed by atoms with Crippen LogP contribution in [0.25, 0.3) is 21.5 Å². The van der Waals surface area contributed by atoms with E-state index in [0.29, 0.717) is 22.5 Å². The summed E-state index contributed by atoms with van der Waals surface area (Å²) < 4.78 is 12.2. The van der Waals surface area contributed by atoms with Crippen molar-refractivity contribution in [1.29, 1.82) is 0 Å². The molecule has 0 radical (unpaired) electrons. The summed E-state index contributed by atoms with van der Waals surface area (Å²) in [6, 6.07) is 14.5. The average Bonchev–Trinajstić information content (AvgIpc) is 3.17. The number of carbonyl (C=O) groups is 1. The number of rotatable bonds is 5. The third kappa shape index (κ3) is 3.69. The number of nitrogens with zero attached hydrogens (tertiary/aromatic N) is 3. The number of ether oxygens (including phenoxy) is 2. The van der Waals surface area contributed by atoms with Crippen LogP contribution in [0.1, 0.15) is 20.9 Å². The van der Waals surface area contributed by atoms with Gasteiger partial charge in [0.05, 0.1) is 36.0 Å². The van der Waals surface area contributed by atoms with Crippen molar-refractivity contribution in [2.45, 2.75) is 13.5 Å². The zero-order valence-electron chi connectivity index (χ0n) is 16.7. The Hall–Kier alpha value is -3.52. The van der Waals surface area contributed by atoms with Crippen LogP contribution in [0.2, 0.25) is 0 Å². The molecular formula is C22H19N3O4S. The Labute approximate surface area is 176 Å². The smallest absolute Gasteiger partial charge is 0.337 e. The molecule has 0 aliphatic rings. The SMILES string of the molecule is COC(=O)c1ccc(Cn2nc(-c3cccc(OC)c3)c3sc(C)nc3c2=O)cc1. The number of aromatic nitrogens is 3. The zero-order valence-corrected chi connectivity index (χ0v) is 17.5. The quantitative estimate of drug-likeness (QED) is 0.457. The highest BCUT2D eigenvalue weighted by atomic mass is 32.1. The Morgan fingerprint density at radius 3 is 2.60 bits per heavy atom. The largest absolute Gasteiger partial charge is 0.497 e. The van der Waals surface area contributed by atoms with Gasteiger partial charge in [0.2, 0.25) is 0 Å². The highest BCUT2D eigenvalue weighted by Crippen LogP contribution is 2.31. The third-order valence-corrected chi connectivity index (χ3v) is 5.63. The predicted molar refractivity (Wildman–Crippen MR) is 115 cm³/mol. The second-order valence-electron chi connectivity index (χ2n) is 6.64. The standard InChI is InChI=1S/C22H19N3O4S/c1-13-23-19-20(30-13)18(16-5-4-6-17(11-16)28-2)24-25(21(19)26)12-14-7-9-15(10-8-14)22(27)29-3/h4-11H,12H2,1-3H3. The van der Waals surface area contributed by atoms with Crippen LogP contribution in [-0.2, 0) is 11.3 Å². The first-order valence-electron chi connectivity index (χ1n) is 9.20. The number of carbonyl (C=O) groups excluding carboxylic acids is 1. The molecule has 0 spiro atoms. The van der Waals surface area contributed by atoms with Gasteiger partial charge in [0.15, 0.2) is 5.52 Å². The molecule has 2 heterocycles. The molecule has 8 heteroatoms. The van der Waals surface area contributed by atoms with Gasteiger partial charge in [-0.15, -0.1) is 11.3 Å². The summed E-state index contributed by atoms with van der Waals surface area (Å²) in [6.07, 6.45) is 0. The molecule has 0 aliphatic heterocycles. The summed E-state index contributed by atoms with van der Waals surface area (Å²) in [4.78, 5) is 29.1. The van der Waals surface area contributed by atoms with Crippen molar-refractivity contribution in [2.75, 3.05) is 14.2 Å². The van der Waals surface area contributed by atoms with E-state index in [4.69, 9.17) is 9.47 Å². The van der Waals surface area contributed by atoms with Crippen LogP contribution < -0.4 is 10.3 Å². The summed E-state index contributed by atoms with van der Waals surface area (Å²) in [6.45, 7) is 2.12. The van der Waals surface area contributed by atoms with Gasteiger partial charge in [0.1, 0.15) is 11.4 Å². The molecule has 30 heavy (non-hydrogen) atoms. The van der Waals surface area contributed by atoms with Gasteiger partial charge in [0, 0.05) is 5.56 Å². The summed E-state index contributed by atoms with van der Waals surface area (Å²) in [5.41, 5.74) is 2.96. The van der Waals surface area contributed by atoms with E-state index in [1.54, 1.807) is 31.4 Å². The molecule has 2 aromatic heterocycles. The zero-order chi connectivity index (χ0) is 21.3. The number of aryl methyl sites for hydroxylation is 1. The van der Waals surface area contributed by atoms with Crippen LogP contribution in [-0.4, -0.2) is 35.0 Å². The summed E-state index contributed by atoms with van der Waals surface area (Å²) in [5.74, 6) is 0.302. The molecule has 0 bridgehead atoms. The van der Waals surface area contributed by atoms with E-state index in [1.807, 2.05) is 31.2 Å². The Morgan fingerprint density at radius 2 is 1.90 bits per heavy atom. The van der Waals surface area contributed by atoms with Crippen LogP contribution in [0, 0.1) is 6.92 Å². The van der Waals surface area contributed by atoms with Crippen LogP contribution in [0.15, 0.2) is 53.3 Å². The number of hydrogen-bond acceptors (Lipinski definition) is 7. The second-order valence-corrected chi connectivity index (χ2v) is 7.85. The van der Waals surface area contributed by atoms with E-state index in [1.165, 1.54) is 23.1 Å². The van der Waals surface area contributed by atoms with Gasteiger partial charge in [-0.3, -0.25) is 4.79 Å². The number of methoxy groups -OCH3 is 2. The van der Waals surface area contributed by atoms with E-state index in [9.17, 15) is 9.59 Å². The Bertz CT molecular complexity index is 1290. The first kappa shape index (κ1) is 19.8. The lowest BCUT2D eigenvalue weighted by atomic mass is 10.1. The lowest BCUT2D eigenvalue weighted by molar-refractivity contribution is 0.0600. The molecule has 152 valence electrons. The lowest BCUT2D eigenvalue weighted by Crippen LogP contribution is -2.24. The number of hydrogen-bond donors (Lipinski definition) is 0. The maximum absolute atomic E-state index is 13.0. The molecule has 7 nitrogen and oxygen atoms in total. The minimum atomic E-state index is -0.406. The number of esters is 1. The molecule has 4 aromatic rings. The highest BCUT2D eigenvalue weighted by molar-refractivity contribution is 7.19. The fourth-order valence-corrected chi connectivity index (χ4v) is 4.09. The van der Waals surface area contributed by atoms with Crippen molar-refractivity contribution in [3.8, 4) is 17.0 Å². The van der Waals surface area contributed by atoms with Crippen LogP contribution >= 0.6 is 11.3 Å². The van der Waals surface area contributed by atoms with Gasteiger partial charge in [-0.05, 0) is 36.8 Å². The van der Waals surface area contributed by atoms with Gasteiger partial charge < -0.3 is 9.47 Å². The maximum atomic E-state index is 13.0. The second kappa shape index (κ2) is 8.08. The molecule has 2 aromatic carbocycles. The Morgan fingerprint density at radius 1 is 1.13 bits per heavy atom. The van der Waals surface area contributed by atoms with Crippen LogP contribution in [0.5, 0.6) is 5.75 Å². The number of thiazole rings is 1. The topological polar surface area (TPSA) is 83.3 Å². The first-order valence-corrected chi connectivity index (χ1v) is 10.0. The maximum Gasteiger partial charge on any atom is 0.337 e. The average molecular weight is 421 g/mol. The van der Waals surface area contributed by atoms with Gasteiger partial charge in [-0.25, -0.2) is 14.5 Å². The van der Waals surface area contributed by atoms with E-state index >= 15 is 0 Å². The normalized spacial score (nSPS) is 10.9. The van der Waals surface area contributed by atoms with Gasteiger partial charge >= 0.3 is 5.97 Å². The Balaban J connectivity index is 1.81. The summed E-state index contributed by atoms with van der Waals surface area (Å²) in [7, 11) is 2.95. The minimum Gasteiger partial charge on any atom is -0.497 e. The number of fused-ring (bicyclic) bond motifs is 1. The molecule has 0 atom stereocenters. The molecule has 0 unspecified atom stereocenters. The van der Waals surface area contributed by atoms with Crippen molar-refractivity contribution in [3.05, 3.63) is 75.0 Å². The summed E-state index contributed by atoms with van der Waals surface area (Å²) in [5, 5.41) is 5.46. The van der Waals surface area contributed by atoms with Crippen molar-refractivity contribution >= 4 is 27.5 Å². The lowest BCUT2D eigenvalue weighted by Gasteiger charge is -2.10. The fourth-order valence-electron chi connectivity index (χ4n) is 3.17. The van der Waals surface area contributed by atoms with E-state index in [2.05, 4.69) is 10.1 Å². The molecule has 0 fully saturated rings. The van der Waals surface area contributed by atoms with Crippen molar-refractivity contribution in [3.63, 3.8) is 0 Å². The predicted octanol–water partition coefficient (Wildman–Crippen LogP) is 3.67.